The predicted molar refractivity (Wildman–Crippen MR) is 82.9 cm³/mol. The van der Waals surface area contributed by atoms with Crippen LogP contribution in [-0.4, -0.2) is 54.1 Å². The lowest BCUT2D eigenvalue weighted by Gasteiger charge is -2.33. The third-order valence-corrected chi connectivity index (χ3v) is 4.14. The Bertz CT molecular complexity index is 442. The van der Waals surface area contributed by atoms with Gasteiger partial charge in [-0.3, -0.25) is 0 Å². The Balaban J connectivity index is 1.67. The van der Waals surface area contributed by atoms with E-state index in [9.17, 15) is 9.50 Å². The quantitative estimate of drug-likeness (QED) is 0.769. The SMILES string of the molecule is OCCC1CCCN(CC(O)COCc2ccccc2F)C1. The summed E-state index contributed by atoms with van der Waals surface area (Å²) in [7, 11) is 0. The van der Waals surface area contributed by atoms with Gasteiger partial charge in [0.05, 0.1) is 19.3 Å². The fourth-order valence-electron chi connectivity index (χ4n) is 3.01. The minimum atomic E-state index is -0.570. The zero-order chi connectivity index (χ0) is 15.8. The highest BCUT2D eigenvalue weighted by molar-refractivity contribution is 5.16. The van der Waals surface area contributed by atoms with Gasteiger partial charge >= 0.3 is 0 Å². The van der Waals surface area contributed by atoms with E-state index in [1.54, 1.807) is 18.2 Å². The Hall–Kier alpha value is -1.01. The van der Waals surface area contributed by atoms with Crippen molar-refractivity contribution in [3.05, 3.63) is 35.6 Å². The van der Waals surface area contributed by atoms with Crippen LogP contribution in [0.15, 0.2) is 24.3 Å². The summed E-state index contributed by atoms with van der Waals surface area (Å²) >= 11 is 0. The van der Waals surface area contributed by atoms with Crippen molar-refractivity contribution in [1.29, 1.82) is 0 Å². The molecule has 0 aliphatic carbocycles. The molecule has 22 heavy (non-hydrogen) atoms. The number of benzene rings is 1. The van der Waals surface area contributed by atoms with Gasteiger partial charge in [0, 0.05) is 25.3 Å². The lowest BCUT2D eigenvalue weighted by Crippen LogP contribution is -2.41. The number of rotatable bonds is 8. The molecule has 0 saturated carbocycles. The molecule has 1 aliphatic rings. The zero-order valence-corrected chi connectivity index (χ0v) is 13.0. The Labute approximate surface area is 131 Å². The molecule has 124 valence electrons. The van der Waals surface area contributed by atoms with E-state index in [1.807, 2.05) is 0 Å². The molecular formula is C17H26FNO3. The van der Waals surface area contributed by atoms with Gasteiger partial charge in [0.1, 0.15) is 5.82 Å². The fraction of sp³-hybridized carbons (Fsp3) is 0.647. The Morgan fingerprint density at radius 1 is 1.36 bits per heavy atom. The summed E-state index contributed by atoms with van der Waals surface area (Å²) in [4.78, 5) is 2.22. The fourth-order valence-corrected chi connectivity index (χ4v) is 3.01. The molecule has 1 saturated heterocycles. The molecule has 2 N–H and O–H groups in total. The number of aliphatic hydroxyl groups is 2. The summed E-state index contributed by atoms with van der Waals surface area (Å²) in [6.07, 6.45) is 2.51. The van der Waals surface area contributed by atoms with E-state index in [4.69, 9.17) is 9.84 Å². The van der Waals surface area contributed by atoms with Crippen LogP contribution < -0.4 is 0 Å². The molecule has 5 heteroatoms. The van der Waals surface area contributed by atoms with Crippen LogP contribution in [0.25, 0.3) is 0 Å². The first-order valence-electron chi connectivity index (χ1n) is 8.01. The Kier molecular flexibility index (Phi) is 7.25. The second-order valence-electron chi connectivity index (χ2n) is 6.04. The second-order valence-corrected chi connectivity index (χ2v) is 6.04. The molecule has 0 bridgehead atoms. The highest BCUT2D eigenvalue weighted by Gasteiger charge is 2.21. The lowest BCUT2D eigenvalue weighted by atomic mass is 9.95. The van der Waals surface area contributed by atoms with Crippen LogP contribution in [0.4, 0.5) is 4.39 Å². The van der Waals surface area contributed by atoms with Gasteiger partial charge < -0.3 is 19.8 Å². The van der Waals surface area contributed by atoms with Crippen LogP contribution in [0.1, 0.15) is 24.8 Å². The highest BCUT2D eigenvalue weighted by Crippen LogP contribution is 2.19. The Morgan fingerprint density at radius 3 is 2.95 bits per heavy atom. The number of hydrogen-bond acceptors (Lipinski definition) is 4. The largest absolute Gasteiger partial charge is 0.396 e. The molecule has 1 aromatic carbocycles. The van der Waals surface area contributed by atoms with Gasteiger partial charge in [0.25, 0.3) is 0 Å². The van der Waals surface area contributed by atoms with Gasteiger partial charge in [-0.1, -0.05) is 18.2 Å². The number of likely N-dealkylation sites (tertiary alicyclic amines) is 1. The summed E-state index contributed by atoms with van der Waals surface area (Å²) in [5.41, 5.74) is 0.510. The summed E-state index contributed by atoms with van der Waals surface area (Å²) in [6.45, 7) is 3.08. The predicted octanol–water partition coefficient (Wildman–Crippen LogP) is 1.80. The Morgan fingerprint density at radius 2 is 2.18 bits per heavy atom. The van der Waals surface area contributed by atoms with Crippen molar-refractivity contribution in [2.24, 2.45) is 5.92 Å². The van der Waals surface area contributed by atoms with Crippen LogP contribution in [0.2, 0.25) is 0 Å². The first-order valence-corrected chi connectivity index (χ1v) is 8.01. The van der Waals surface area contributed by atoms with Gasteiger partial charge in [0.2, 0.25) is 0 Å². The van der Waals surface area contributed by atoms with Crippen molar-refractivity contribution in [1.82, 2.24) is 4.90 Å². The smallest absolute Gasteiger partial charge is 0.128 e. The number of nitrogens with zero attached hydrogens (tertiary/aromatic N) is 1. The number of aliphatic hydroxyl groups excluding tert-OH is 2. The summed E-state index contributed by atoms with van der Waals surface area (Å²) < 4.78 is 18.9. The molecule has 1 heterocycles. The highest BCUT2D eigenvalue weighted by atomic mass is 19.1. The maximum absolute atomic E-state index is 13.4. The van der Waals surface area contributed by atoms with E-state index >= 15 is 0 Å². The maximum atomic E-state index is 13.4. The van der Waals surface area contributed by atoms with Crippen LogP contribution in [-0.2, 0) is 11.3 Å². The summed E-state index contributed by atoms with van der Waals surface area (Å²) in [5.74, 6) is 0.241. The van der Waals surface area contributed by atoms with E-state index in [0.717, 1.165) is 32.4 Å². The van der Waals surface area contributed by atoms with Crippen molar-refractivity contribution in [3.63, 3.8) is 0 Å². The molecule has 1 aromatic rings. The number of hydrogen-bond donors (Lipinski definition) is 2. The van der Waals surface area contributed by atoms with Crippen molar-refractivity contribution >= 4 is 0 Å². The number of piperidine rings is 1. The number of β-amino-alcohol motifs (C(OH)–C–C–N with tert-alkyl or cyclic N) is 1. The molecule has 0 aromatic heterocycles. The minimum absolute atomic E-state index is 0.177. The van der Waals surface area contributed by atoms with E-state index < -0.39 is 6.10 Å². The first kappa shape index (κ1) is 17.3. The van der Waals surface area contributed by atoms with E-state index in [2.05, 4.69) is 4.90 Å². The van der Waals surface area contributed by atoms with Gasteiger partial charge in [-0.25, -0.2) is 4.39 Å². The molecule has 0 spiro atoms. The van der Waals surface area contributed by atoms with Crippen molar-refractivity contribution in [2.45, 2.75) is 32.0 Å². The second kappa shape index (κ2) is 9.20. The lowest BCUT2D eigenvalue weighted by molar-refractivity contribution is 0.00136. The third-order valence-electron chi connectivity index (χ3n) is 4.14. The molecule has 4 nitrogen and oxygen atoms in total. The van der Waals surface area contributed by atoms with Crippen molar-refractivity contribution in [3.8, 4) is 0 Å². The van der Waals surface area contributed by atoms with Crippen molar-refractivity contribution in [2.75, 3.05) is 32.8 Å². The molecule has 2 rings (SSSR count). The first-order chi connectivity index (χ1) is 10.7. The van der Waals surface area contributed by atoms with Gasteiger partial charge in [-0.15, -0.1) is 0 Å². The minimum Gasteiger partial charge on any atom is -0.396 e. The van der Waals surface area contributed by atoms with Crippen LogP contribution >= 0.6 is 0 Å². The van der Waals surface area contributed by atoms with Gasteiger partial charge in [-0.2, -0.15) is 0 Å². The van der Waals surface area contributed by atoms with Gasteiger partial charge in [-0.05, 0) is 37.8 Å². The summed E-state index contributed by atoms with van der Waals surface area (Å²) in [5, 5.41) is 19.1. The van der Waals surface area contributed by atoms with E-state index in [-0.39, 0.29) is 25.6 Å². The standard InChI is InChI=1S/C17H26FNO3/c18-17-6-2-1-5-15(17)12-22-13-16(21)11-19-8-3-4-14(10-19)7-9-20/h1-2,5-6,14,16,20-21H,3-4,7-13H2. The normalized spacial score (nSPS) is 21.0. The average Bonchev–Trinajstić information content (AvgIpc) is 2.50. The molecule has 2 atom stereocenters. The third kappa shape index (κ3) is 5.65. The molecule has 0 radical (unpaired) electrons. The van der Waals surface area contributed by atoms with Crippen molar-refractivity contribution < 1.29 is 19.3 Å². The number of ether oxygens (including phenoxy) is 1. The van der Waals surface area contributed by atoms with Crippen LogP contribution in [0, 0.1) is 11.7 Å². The maximum Gasteiger partial charge on any atom is 0.128 e. The molecule has 0 amide bonds. The molecule has 1 fully saturated rings. The number of halogens is 1. The van der Waals surface area contributed by atoms with Crippen LogP contribution in [0.5, 0.6) is 0 Å². The molecular weight excluding hydrogens is 285 g/mol. The molecule has 2 unspecified atom stereocenters. The topological polar surface area (TPSA) is 52.9 Å². The zero-order valence-electron chi connectivity index (χ0n) is 13.0. The van der Waals surface area contributed by atoms with E-state index in [0.29, 0.717) is 18.0 Å². The monoisotopic (exact) mass is 311 g/mol. The van der Waals surface area contributed by atoms with Gasteiger partial charge in [0.15, 0.2) is 0 Å². The average molecular weight is 311 g/mol. The molecule has 1 aliphatic heterocycles. The van der Waals surface area contributed by atoms with Crippen LogP contribution in [0.3, 0.4) is 0 Å². The van der Waals surface area contributed by atoms with E-state index in [1.165, 1.54) is 6.07 Å². The summed E-state index contributed by atoms with van der Waals surface area (Å²) in [6, 6.07) is 6.51.